The van der Waals surface area contributed by atoms with Crippen LogP contribution in [0.5, 0.6) is 0 Å². The van der Waals surface area contributed by atoms with E-state index in [2.05, 4.69) is 42.3 Å². The van der Waals surface area contributed by atoms with Crippen molar-refractivity contribution >= 4 is 28.1 Å². The molecule has 1 N–H and O–H groups in total. The van der Waals surface area contributed by atoms with Crippen LogP contribution in [0.2, 0.25) is 0 Å². The summed E-state index contributed by atoms with van der Waals surface area (Å²) in [6.07, 6.45) is 2.19. The average Bonchev–Trinajstić information content (AvgIpc) is 3.16. The minimum atomic E-state index is 0.0886. The third kappa shape index (κ3) is 3.30. The van der Waals surface area contributed by atoms with Gasteiger partial charge in [0.05, 0.1) is 12.2 Å². The average molecular weight is 315 g/mol. The molecule has 0 radical (unpaired) electrons. The fourth-order valence-corrected chi connectivity index (χ4v) is 3.51. The highest BCUT2D eigenvalue weighted by atomic mass is 32.1. The number of hydrogen-bond acceptors (Lipinski definition) is 4. The van der Waals surface area contributed by atoms with E-state index in [0.29, 0.717) is 12.6 Å². The molecule has 1 fully saturated rings. The van der Waals surface area contributed by atoms with Gasteiger partial charge in [0, 0.05) is 24.0 Å². The van der Waals surface area contributed by atoms with Gasteiger partial charge in [-0.3, -0.25) is 9.69 Å². The molecule has 116 valence electrons. The Kier molecular flexibility index (Phi) is 4.16. The van der Waals surface area contributed by atoms with Crippen molar-refractivity contribution in [1.29, 1.82) is 0 Å². The second kappa shape index (κ2) is 6.08. The topological polar surface area (TPSA) is 45.2 Å². The van der Waals surface area contributed by atoms with Crippen LogP contribution in [0.15, 0.2) is 23.6 Å². The van der Waals surface area contributed by atoms with Crippen LogP contribution in [0.3, 0.4) is 0 Å². The van der Waals surface area contributed by atoms with E-state index in [1.807, 2.05) is 10.3 Å². The summed E-state index contributed by atoms with van der Waals surface area (Å²) in [5, 5.41) is 6.28. The Balaban J connectivity index is 1.67. The Morgan fingerprint density at radius 2 is 2.18 bits per heavy atom. The number of amides is 1. The summed E-state index contributed by atoms with van der Waals surface area (Å²) in [5.41, 5.74) is 4.61. The van der Waals surface area contributed by atoms with Gasteiger partial charge in [0.1, 0.15) is 0 Å². The molecule has 3 rings (SSSR count). The summed E-state index contributed by atoms with van der Waals surface area (Å²) in [5.74, 6) is 0.0886. The molecule has 0 aliphatic heterocycles. The van der Waals surface area contributed by atoms with Gasteiger partial charge in [-0.15, -0.1) is 11.3 Å². The van der Waals surface area contributed by atoms with Crippen molar-refractivity contribution in [3.8, 4) is 0 Å². The SMILES string of the molecule is CC(=O)N(c1nc(CNc2ccc(C)cc2C)cs1)C1CC1. The summed E-state index contributed by atoms with van der Waals surface area (Å²) >= 11 is 1.55. The summed E-state index contributed by atoms with van der Waals surface area (Å²) in [6, 6.07) is 6.74. The van der Waals surface area contributed by atoms with Gasteiger partial charge in [-0.1, -0.05) is 17.7 Å². The maximum absolute atomic E-state index is 11.8. The number of aryl methyl sites for hydroxylation is 2. The van der Waals surface area contributed by atoms with Crippen LogP contribution >= 0.6 is 11.3 Å². The molecular weight excluding hydrogens is 294 g/mol. The molecule has 1 aromatic heterocycles. The third-order valence-corrected chi connectivity index (χ3v) is 4.73. The maximum atomic E-state index is 11.8. The summed E-state index contributed by atoms with van der Waals surface area (Å²) in [6.45, 7) is 6.49. The zero-order valence-electron chi connectivity index (χ0n) is 13.2. The van der Waals surface area contributed by atoms with E-state index in [-0.39, 0.29) is 5.91 Å². The lowest BCUT2D eigenvalue weighted by atomic mass is 10.1. The van der Waals surface area contributed by atoms with Crippen molar-refractivity contribution in [2.45, 2.75) is 46.2 Å². The monoisotopic (exact) mass is 315 g/mol. The Hall–Kier alpha value is -1.88. The fourth-order valence-electron chi connectivity index (χ4n) is 2.57. The van der Waals surface area contributed by atoms with Crippen molar-refractivity contribution in [2.75, 3.05) is 10.2 Å². The van der Waals surface area contributed by atoms with Crippen LogP contribution in [-0.2, 0) is 11.3 Å². The quantitative estimate of drug-likeness (QED) is 0.910. The highest BCUT2D eigenvalue weighted by molar-refractivity contribution is 7.14. The van der Waals surface area contributed by atoms with Crippen molar-refractivity contribution in [3.05, 3.63) is 40.4 Å². The Morgan fingerprint density at radius 1 is 1.41 bits per heavy atom. The summed E-state index contributed by atoms with van der Waals surface area (Å²) < 4.78 is 0. The molecule has 0 spiro atoms. The van der Waals surface area contributed by atoms with E-state index >= 15 is 0 Å². The van der Waals surface area contributed by atoms with Crippen LogP contribution in [0.25, 0.3) is 0 Å². The lowest BCUT2D eigenvalue weighted by Gasteiger charge is -2.16. The van der Waals surface area contributed by atoms with Crippen molar-refractivity contribution in [1.82, 2.24) is 4.98 Å². The number of benzene rings is 1. The molecule has 4 nitrogen and oxygen atoms in total. The van der Waals surface area contributed by atoms with E-state index in [0.717, 1.165) is 29.4 Å². The number of hydrogen-bond donors (Lipinski definition) is 1. The standard InChI is InChI=1S/C17H21N3OS/c1-11-4-7-16(12(2)8-11)18-9-14-10-22-17(19-14)20(13(3)21)15-5-6-15/h4,7-8,10,15,18H,5-6,9H2,1-3H3. The number of thiazole rings is 1. The first-order chi connectivity index (χ1) is 10.5. The van der Waals surface area contributed by atoms with Crippen LogP contribution in [0.4, 0.5) is 10.8 Å². The molecule has 1 aromatic carbocycles. The summed E-state index contributed by atoms with van der Waals surface area (Å²) in [7, 11) is 0. The number of rotatable bonds is 5. The molecule has 1 amide bonds. The first kappa shape index (κ1) is 15.0. The predicted octanol–water partition coefficient (Wildman–Crippen LogP) is 3.89. The smallest absolute Gasteiger partial charge is 0.225 e. The number of nitrogens with one attached hydrogen (secondary N) is 1. The van der Waals surface area contributed by atoms with Crippen LogP contribution < -0.4 is 10.2 Å². The van der Waals surface area contributed by atoms with Gasteiger partial charge in [-0.25, -0.2) is 4.98 Å². The van der Waals surface area contributed by atoms with E-state index in [1.165, 1.54) is 11.1 Å². The van der Waals surface area contributed by atoms with Gasteiger partial charge >= 0.3 is 0 Å². The second-order valence-electron chi connectivity index (χ2n) is 5.91. The molecule has 1 saturated carbocycles. The first-order valence-corrected chi connectivity index (χ1v) is 8.48. The van der Waals surface area contributed by atoms with E-state index in [4.69, 9.17) is 0 Å². The van der Waals surface area contributed by atoms with Gasteiger partial charge in [-0.2, -0.15) is 0 Å². The minimum Gasteiger partial charge on any atom is -0.379 e. The van der Waals surface area contributed by atoms with Crippen LogP contribution in [0, 0.1) is 13.8 Å². The molecule has 2 aromatic rings. The Bertz CT molecular complexity index is 691. The lowest BCUT2D eigenvalue weighted by Crippen LogP contribution is -2.30. The first-order valence-electron chi connectivity index (χ1n) is 7.60. The predicted molar refractivity (Wildman–Crippen MR) is 91.5 cm³/mol. The van der Waals surface area contributed by atoms with E-state index in [9.17, 15) is 4.79 Å². The van der Waals surface area contributed by atoms with Crippen molar-refractivity contribution in [3.63, 3.8) is 0 Å². The molecule has 0 unspecified atom stereocenters. The largest absolute Gasteiger partial charge is 0.379 e. The van der Waals surface area contributed by atoms with E-state index in [1.54, 1.807) is 18.3 Å². The van der Waals surface area contributed by atoms with Gasteiger partial charge in [0.25, 0.3) is 0 Å². The summed E-state index contributed by atoms with van der Waals surface area (Å²) in [4.78, 5) is 18.2. The second-order valence-corrected chi connectivity index (χ2v) is 6.75. The lowest BCUT2D eigenvalue weighted by molar-refractivity contribution is -0.116. The molecule has 0 saturated heterocycles. The zero-order chi connectivity index (χ0) is 15.7. The van der Waals surface area contributed by atoms with Crippen LogP contribution in [0.1, 0.15) is 36.6 Å². The highest BCUT2D eigenvalue weighted by Crippen LogP contribution is 2.33. The highest BCUT2D eigenvalue weighted by Gasteiger charge is 2.33. The van der Waals surface area contributed by atoms with Gasteiger partial charge in [0.15, 0.2) is 5.13 Å². The molecule has 0 bridgehead atoms. The Morgan fingerprint density at radius 3 is 2.82 bits per heavy atom. The molecule has 1 aliphatic carbocycles. The number of anilines is 2. The number of carbonyl (C=O) groups excluding carboxylic acids is 1. The molecule has 0 atom stereocenters. The Labute approximate surface area is 135 Å². The van der Waals surface area contributed by atoms with Crippen molar-refractivity contribution in [2.24, 2.45) is 0 Å². The number of aromatic nitrogens is 1. The molecular formula is C17H21N3OS. The van der Waals surface area contributed by atoms with E-state index < -0.39 is 0 Å². The number of nitrogens with zero attached hydrogens (tertiary/aromatic N) is 2. The zero-order valence-corrected chi connectivity index (χ0v) is 14.0. The van der Waals surface area contributed by atoms with Gasteiger partial charge < -0.3 is 5.32 Å². The fraction of sp³-hybridized carbons (Fsp3) is 0.412. The minimum absolute atomic E-state index is 0.0886. The van der Waals surface area contributed by atoms with Crippen LogP contribution in [-0.4, -0.2) is 16.9 Å². The van der Waals surface area contributed by atoms with Gasteiger partial charge in [0.2, 0.25) is 5.91 Å². The third-order valence-electron chi connectivity index (χ3n) is 3.84. The molecule has 5 heteroatoms. The molecule has 22 heavy (non-hydrogen) atoms. The molecule has 1 heterocycles. The molecule has 1 aliphatic rings. The normalized spacial score (nSPS) is 14.0. The number of carbonyl (C=O) groups is 1. The van der Waals surface area contributed by atoms with Crippen molar-refractivity contribution < 1.29 is 4.79 Å². The maximum Gasteiger partial charge on any atom is 0.225 e. The van der Waals surface area contributed by atoms with Gasteiger partial charge in [-0.05, 0) is 38.3 Å².